The van der Waals surface area contributed by atoms with E-state index in [4.69, 9.17) is 9.47 Å². The zero-order valence-corrected chi connectivity index (χ0v) is 19.5. The molecule has 1 saturated heterocycles. The van der Waals surface area contributed by atoms with Gasteiger partial charge in [0.25, 0.3) is 11.8 Å². The predicted molar refractivity (Wildman–Crippen MR) is 133 cm³/mol. The molecule has 3 aromatic rings. The number of hydrogen-bond donors (Lipinski definition) is 1. The highest BCUT2D eigenvalue weighted by Gasteiger charge is 2.26. The van der Waals surface area contributed by atoms with E-state index in [1.54, 1.807) is 18.2 Å². The molecule has 0 saturated carbocycles. The van der Waals surface area contributed by atoms with Gasteiger partial charge in [-0.1, -0.05) is 24.3 Å². The minimum Gasteiger partial charge on any atom is -0.454 e. The number of hydrogen-bond acceptors (Lipinski definition) is 5. The molecule has 6 rings (SSSR count). The third-order valence-electron chi connectivity index (χ3n) is 6.98. The van der Waals surface area contributed by atoms with E-state index >= 15 is 0 Å². The average molecular weight is 470 g/mol. The Morgan fingerprint density at radius 3 is 2.49 bits per heavy atom. The largest absolute Gasteiger partial charge is 0.454 e. The van der Waals surface area contributed by atoms with Crippen molar-refractivity contribution in [1.82, 2.24) is 4.90 Å². The Hall–Kier alpha value is -4.00. The van der Waals surface area contributed by atoms with Crippen molar-refractivity contribution < 1.29 is 19.1 Å². The summed E-state index contributed by atoms with van der Waals surface area (Å²) in [6.07, 6.45) is 2.99. The SMILES string of the molecule is O=C(Nc1ccc(N2CCc3ccccc3C2)c(C(=O)N2CCCC2)c1)c1ccc2c(c1)OCO2. The predicted octanol–water partition coefficient (Wildman–Crippen LogP) is 4.47. The number of anilines is 2. The molecule has 7 heteroatoms. The maximum absolute atomic E-state index is 13.5. The third kappa shape index (κ3) is 4.18. The minimum atomic E-state index is -0.262. The fourth-order valence-electron chi connectivity index (χ4n) is 5.09. The summed E-state index contributed by atoms with van der Waals surface area (Å²) in [4.78, 5) is 30.7. The van der Waals surface area contributed by atoms with Gasteiger partial charge in [0.15, 0.2) is 11.5 Å². The molecule has 3 heterocycles. The van der Waals surface area contributed by atoms with Crippen LogP contribution in [0.4, 0.5) is 11.4 Å². The van der Waals surface area contributed by atoms with Crippen LogP contribution in [-0.4, -0.2) is 43.1 Å². The number of carbonyl (C=O) groups excluding carboxylic acids is 2. The minimum absolute atomic E-state index is 0.0236. The van der Waals surface area contributed by atoms with Gasteiger partial charge in [-0.25, -0.2) is 0 Å². The van der Waals surface area contributed by atoms with E-state index in [9.17, 15) is 9.59 Å². The molecule has 3 aliphatic rings. The van der Waals surface area contributed by atoms with Crippen LogP contribution in [0.3, 0.4) is 0 Å². The van der Waals surface area contributed by atoms with Gasteiger partial charge in [-0.05, 0) is 66.8 Å². The second kappa shape index (κ2) is 8.98. The van der Waals surface area contributed by atoms with E-state index in [1.165, 1.54) is 11.1 Å². The van der Waals surface area contributed by atoms with Crippen LogP contribution >= 0.6 is 0 Å². The number of carbonyl (C=O) groups is 2. The number of benzene rings is 3. The lowest BCUT2D eigenvalue weighted by molar-refractivity contribution is 0.0793. The first-order chi connectivity index (χ1) is 17.2. The molecule has 0 spiro atoms. The number of nitrogens with zero attached hydrogens (tertiary/aromatic N) is 2. The van der Waals surface area contributed by atoms with Crippen molar-refractivity contribution in [3.05, 3.63) is 82.9 Å². The Morgan fingerprint density at radius 2 is 1.63 bits per heavy atom. The number of ether oxygens (including phenoxy) is 2. The van der Waals surface area contributed by atoms with E-state index < -0.39 is 0 Å². The van der Waals surface area contributed by atoms with Gasteiger partial charge in [-0.2, -0.15) is 0 Å². The lowest BCUT2D eigenvalue weighted by atomic mass is 9.98. The number of likely N-dealkylation sites (tertiary alicyclic amines) is 1. The van der Waals surface area contributed by atoms with Crippen molar-refractivity contribution >= 4 is 23.2 Å². The van der Waals surface area contributed by atoms with E-state index in [1.807, 2.05) is 23.1 Å². The van der Waals surface area contributed by atoms with Gasteiger partial charge in [-0.3, -0.25) is 9.59 Å². The maximum atomic E-state index is 13.5. The van der Waals surface area contributed by atoms with Gasteiger partial charge < -0.3 is 24.6 Å². The first-order valence-electron chi connectivity index (χ1n) is 12.1. The highest BCUT2D eigenvalue weighted by molar-refractivity contribution is 6.06. The summed E-state index contributed by atoms with van der Waals surface area (Å²) in [5.41, 5.74) is 5.27. The Morgan fingerprint density at radius 1 is 0.829 bits per heavy atom. The normalized spacial score (nSPS) is 16.2. The fraction of sp³-hybridized carbons (Fsp3) is 0.286. The van der Waals surface area contributed by atoms with Crippen LogP contribution < -0.4 is 19.7 Å². The molecule has 0 bridgehead atoms. The Bertz CT molecular complexity index is 1300. The molecular formula is C28H27N3O4. The molecule has 2 amide bonds. The first kappa shape index (κ1) is 21.5. The number of rotatable bonds is 4. The molecule has 7 nitrogen and oxygen atoms in total. The van der Waals surface area contributed by atoms with Crippen molar-refractivity contribution in [2.45, 2.75) is 25.8 Å². The average Bonchev–Trinajstić information content (AvgIpc) is 3.60. The zero-order valence-electron chi connectivity index (χ0n) is 19.5. The van der Waals surface area contributed by atoms with E-state index in [2.05, 4.69) is 34.5 Å². The molecule has 35 heavy (non-hydrogen) atoms. The van der Waals surface area contributed by atoms with Crippen LogP contribution in [0.2, 0.25) is 0 Å². The topological polar surface area (TPSA) is 71.1 Å². The summed E-state index contributed by atoms with van der Waals surface area (Å²) >= 11 is 0. The van der Waals surface area contributed by atoms with Gasteiger partial charge in [-0.15, -0.1) is 0 Å². The highest BCUT2D eigenvalue weighted by Crippen LogP contribution is 2.34. The van der Waals surface area contributed by atoms with Crippen LogP contribution in [0, 0.1) is 0 Å². The van der Waals surface area contributed by atoms with E-state index in [0.717, 1.165) is 51.1 Å². The van der Waals surface area contributed by atoms with Crippen molar-refractivity contribution in [2.75, 3.05) is 36.6 Å². The standard InChI is InChI=1S/C28H27N3O4/c32-27(20-7-10-25-26(15-20)35-18-34-25)29-22-8-9-24(23(16-22)28(33)30-12-3-4-13-30)31-14-11-19-5-1-2-6-21(19)17-31/h1-2,5-10,15-16H,3-4,11-14,17-18H2,(H,29,32). The summed E-state index contributed by atoms with van der Waals surface area (Å²) in [7, 11) is 0. The molecule has 1 N–H and O–H groups in total. The van der Waals surface area contributed by atoms with Crippen LogP contribution in [0.15, 0.2) is 60.7 Å². The number of nitrogens with one attached hydrogen (secondary N) is 1. The van der Waals surface area contributed by atoms with Crippen molar-refractivity contribution in [2.24, 2.45) is 0 Å². The van der Waals surface area contributed by atoms with E-state index in [0.29, 0.717) is 28.3 Å². The first-order valence-corrected chi connectivity index (χ1v) is 12.1. The molecule has 0 unspecified atom stereocenters. The van der Waals surface area contributed by atoms with Gasteiger partial charge >= 0.3 is 0 Å². The van der Waals surface area contributed by atoms with Crippen molar-refractivity contribution in [1.29, 1.82) is 0 Å². The van der Waals surface area contributed by atoms with Crippen LogP contribution in [0.5, 0.6) is 11.5 Å². The second-order valence-electron chi connectivity index (χ2n) is 9.19. The Kier molecular flexibility index (Phi) is 5.52. The molecule has 3 aromatic carbocycles. The van der Waals surface area contributed by atoms with Gasteiger partial charge in [0.05, 0.1) is 5.56 Å². The number of fused-ring (bicyclic) bond motifs is 2. The van der Waals surface area contributed by atoms with Crippen LogP contribution in [-0.2, 0) is 13.0 Å². The second-order valence-corrected chi connectivity index (χ2v) is 9.19. The molecule has 0 aliphatic carbocycles. The maximum Gasteiger partial charge on any atom is 0.256 e. The summed E-state index contributed by atoms with van der Waals surface area (Å²) in [5.74, 6) is 0.953. The Labute approximate surface area is 204 Å². The third-order valence-corrected chi connectivity index (χ3v) is 6.98. The summed E-state index contributed by atoms with van der Waals surface area (Å²) in [6, 6.07) is 19.3. The Balaban J connectivity index is 1.29. The van der Waals surface area contributed by atoms with Gasteiger partial charge in [0.1, 0.15) is 0 Å². The quantitative estimate of drug-likeness (QED) is 0.611. The fourth-order valence-corrected chi connectivity index (χ4v) is 5.09. The van der Waals surface area contributed by atoms with Crippen molar-refractivity contribution in [3.63, 3.8) is 0 Å². The molecule has 1 fully saturated rings. The molecular weight excluding hydrogens is 442 g/mol. The van der Waals surface area contributed by atoms with Crippen molar-refractivity contribution in [3.8, 4) is 11.5 Å². The zero-order chi connectivity index (χ0) is 23.8. The molecule has 0 aromatic heterocycles. The highest BCUT2D eigenvalue weighted by atomic mass is 16.7. The number of amides is 2. The molecule has 0 atom stereocenters. The molecule has 178 valence electrons. The monoisotopic (exact) mass is 469 g/mol. The lowest BCUT2D eigenvalue weighted by Crippen LogP contribution is -2.34. The lowest BCUT2D eigenvalue weighted by Gasteiger charge is -2.33. The smallest absolute Gasteiger partial charge is 0.256 e. The summed E-state index contributed by atoms with van der Waals surface area (Å²) < 4.78 is 10.7. The summed E-state index contributed by atoms with van der Waals surface area (Å²) in [6.45, 7) is 3.31. The van der Waals surface area contributed by atoms with Gasteiger partial charge in [0, 0.05) is 43.1 Å². The molecule has 3 aliphatic heterocycles. The van der Waals surface area contributed by atoms with E-state index in [-0.39, 0.29) is 18.6 Å². The summed E-state index contributed by atoms with van der Waals surface area (Å²) in [5, 5.41) is 2.96. The van der Waals surface area contributed by atoms with Gasteiger partial charge in [0.2, 0.25) is 6.79 Å². The van der Waals surface area contributed by atoms with Crippen LogP contribution in [0.25, 0.3) is 0 Å². The molecule has 0 radical (unpaired) electrons. The van der Waals surface area contributed by atoms with Crippen LogP contribution in [0.1, 0.15) is 44.7 Å².